The van der Waals surface area contributed by atoms with Crippen LogP contribution in [0.4, 0.5) is 10.5 Å². The van der Waals surface area contributed by atoms with Crippen molar-refractivity contribution in [2.45, 2.75) is 38.6 Å². The number of hydrogen-bond donors (Lipinski definition) is 3. The highest BCUT2D eigenvalue weighted by Crippen LogP contribution is 2.23. The molecule has 0 aliphatic rings. The summed E-state index contributed by atoms with van der Waals surface area (Å²) in [5.74, 6) is 0. The van der Waals surface area contributed by atoms with Crippen LogP contribution in [-0.2, 0) is 4.74 Å². The summed E-state index contributed by atoms with van der Waals surface area (Å²) in [6.07, 6.45) is -2.73. The topological polar surface area (TPSA) is 159 Å². The Morgan fingerprint density at radius 2 is 2.17 bits per heavy atom. The highest BCUT2D eigenvalue weighted by atomic mass is 16.6. The van der Waals surface area contributed by atoms with E-state index in [1.807, 2.05) is 0 Å². The van der Waals surface area contributed by atoms with Crippen LogP contribution in [0.2, 0.25) is 0 Å². The van der Waals surface area contributed by atoms with Crippen molar-refractivity contribution in [3.05, 3.63) is 33.6 Å². The zero-order chi connectivity index (χ0) is 18.5. The fraction of sp³-hybridized carbons (Fsp3) is 0.500. The number of alkyl carbamates (subject to hydrolysis) is 1. The van der Waals surface area contributed by atoms with Gasteiger partial charge in [-0.2, -0.15) is 5.26 Å². The van der Waals surface area contributed by atoms with Crippen LogP contribution in [0, 0.1) is 21.4 Å². The number of hydrogen-bond acceptors (Lipinski definition) is 8. The first-order chi connectivity index (χ1) is 11.0. The molecule has 3 N–H and O–H groups in total. The number of rotatable bonds is 5. The molecule has 130 valence electrons. The van der Waals surface area contributed by atoms with Crippen LogP contribution in [0.3, 0.4) is 0 Å². The molecule has 0 aliphatic heterocycles. The van der Waals surface area contributed by atoms with Gasteiger partial charge in [-0.15, -0.1) is 0 Å². The second kappa shape index (κ2) is 7.67. The summed E-state index contributed by atoms with van der Waals surface area (Å²) < 4.78 is 4.97. The van der Waals surface area contributed by atoms with Crippen molar-refractivity contribution < 1.29 is 24.7 Å². The van der Waals surface area contributed by atoms with E-state index in [1.165, 1.54) is 0 Å². The molecule has 2 unspecified atom stereocenters. The van der Waals surface area contributed by atoms with Gasteiger partial charge in [-0.25, -0.2) is 9.78 Å². The molecular weight excluding hydrogens is 320 g/mol. The lowest BCUT2D eigenvalue weighted by molar-refractivity contribution is -0.385. The Bertz CT molecular complexity index is 664. The molecule has 10 nitrogen and oxygen atoms in total. The van der Waals surface area contributed by atoms with Crippen molar-refractivity contribution in [3.8, 4) is 6.07 Å². The van der Waals surface area contributed by atoms with Crippen molar-refractivity contribution in [1.29, 1.82) is 5.26 Å². The highest BCUT2D eigenvalue weighted by Gasteiger charge is 2.25. The molecule has 0 spiro atoms. The van der Waals surface area contributed by atoms with Crippen LogP contribution in [0.1, 0.15) is 38.1 Å². The molecule has 0 aliphatic carbocycles. The first-order valence-electron chi connectivity index (χ1n) is 6.92. The molecule has 0 bridgehead atoms. The van der Waals surface area contributed by atoms with Crippen molar-refractivity contribution in [2.75, 3.05) is 6.54 Å². The summed E-state index contributed by atoms with van der Waals surface area (Å²) in [5, 5.41) is 41.8. The molecule has 24 heavy (non-hydrogen) atoms. The molecule has 1 aromatic heterocycles. The fourth-order valence-corrected chi connectivity index (χ4v) is 1.69. The van der Waals surface area contributed by atoms with Gasteiger partial charge in [-0.3, -0.25) is 10.1 Å². The molecule has 1 rings (SSSR count). The number of nitriles is 1. The molecule has 0 aromatic carbocycles. The second-order valence-electron chi connectivity index (χ2n) is 5.90. The Balaban J connectivity index is 2.78. The molecule has 0 saturated carbocycles. The van der Waals surface area contributed by atoms with E-state index in [-0.39, 0.29) is 12.1 Å². The lowest BCUT2D eigenvalue weighted by Gasteiger charge is -2.22. The van der Waals surface area contributed by atoms with Gasteiger partial charge in [0.05, 0.1) is 4.92 Å². The predicted octanol–water partition coefficient (Wildman–Crippen LogP) is 0.780. The molecule has 10 heteroatoms. The van der Waals surface area contributed by atoms with Crippen molar-refractivity contribution in [1.82, 2.24) is 10.3 Å². The number of carbonyl (C=O) groups excluding carboxylic acids is 1. The SMILES string of the molecule is CC(C)(C)OC(=O)NCC(O)C(O)c1cnc(C#N)c([N+](=O)[O-])c1. The van der Waals surface area contributed by atoms with E-state index in [9.17, 15) is 25.1 Å². The van der Waals surface area contributed by atoms with E-state index in [0.717, 1.165) is 12.3 Å². The number of nitro groups is 1. The number of aliphatic hydroxyl groups excluding tert-OH is 2. The lowest BCUT2D eigenvalue weighted by atomic mass is 10.1. The van der Waals surface area contributed by atoms with E-state index < -0.39 is 40.2 Å². The summed E-state index contributed by atoms with van der Waals surface area (Å²) in [5.41, 5.74) is -1.76. The molecule has 1 aromatic rings. The molecule has 2 atom stereocenters. The molecular formula is C14H18N4O6. The van der Waals surface area contributed by atoms with E-state index in [0.29, 0.717) is 0 Å². The zero-order valence-corrected chi connectivity index (χ0v) is 13.4. The maximum atomic E-state index is 11.5. The van der Waals surface area contributed by atoms with E-state index >= 15 is 0 Å². The van der Waals surface area contributed by atoms with Gasteiger partial charge >= 0.3 is 11.8 Å². The van der Waals surface area contributed by atoms with Crippen LogP contribution in [0.25, 0.3) is 0 Å². The van der Waals surface area contributed by atoms with Gasteiger partial charge in [-0.05, 0) is 20.8 Å². The summed E-state index contributed by atoms with van der Waals surface area (Å²) in [6, 6.07) is 2.51. The predicted molar refractivity (Wildman–Crippen MR) is 80.8 cm³/mol. The Hall–Kier alpha value is -2.77. The highest BCUT2D eigenvalue weighted by molar-refractivity contribution is 5.67. The largest absolute Gasteiger partial charge is 0.444 e. The van der Waals surface area contributed by atoms with Crippen LogP contribution < -0.4 is 5.32 Å². The standard InChI is InChI=1S/C14H18N4O6/c1-14(2,3)24-13(21)17-7-11(19)12(20)8-4-10(18(22)23)9(5-15)16-6-8/h4,6,11-12,19-20H,7H2,1-3H3,(H,17,21). The van der Waals surface area contributed by atoms with Gasteiger partial charge in [0.15, 0.2) is 0 Å². The number of pyridine rings is 1. The third-order valence-electron chi connectivity index (χ3n) is 2.75. The first-order valence-corrected chi connectivity index (χ1v) is 6.92. The van der Waals surface area contributed by atoms with Gasteiger partial charge in [0.25, 0.3) is 0 Å². The summed E-state index contributed by atoms with van der Waals surface area (Å²) in [7, 11) is 0. The normalized spacial score (nSPS) is 13.5. The fourth-order valence-electron chi connectivity index (χ4n) is 1.69. The summed E-state index contributed by atoms with van der Waals surface area (Å²) in [4.78, 5) is 25.1. The number of carbonyl (C=O) groups is 1. The van der Waals surface area contributed by atoms with Crippen LogP contribution in [-0.4, -0.2) is 44.5 Å². The number of amides is 1. The third-order valence-corrected chi connectivity index (χ3v) is 2.75. The van der Waals surface area contributed by atoms with Gasteiger partial charge in [0, 0.05) is 24.4 Å². The molecule has 0 fully saturated rings. The smallest absolute Gasteiger partial charge is 0.407 e. The number of nitrogens with zero attached hydrogens (tertiary/aromatic N) is 3. The molecule has 0 saturated heterocycles. The van der Waals surface area contributed by atoms with Crippen LogP contribution in [0.15, 0.2) is 12.3 Å². The minimum atomic E-state index is -1.54. The van der Waals surface area contributed by atoms with Crippen molar-refractivity contribution >= 4 is 11.8 Å². The second-order valence-corrected chi connectivity index (χ2v) is 5.90. The molecule has 0 radical (unpaired) electrons. The van der Waals surface area contributed by atoms with Gasteiger partial charge in [0.1, 0.15) is 23.9 Å². The van der Waals surface area contributed by atoms with Crippen molar-refractivity contribution in [2.24, 2.45) is 0 Å². The van der Waals surface area contributed by atoms with E-state index in [4.69, 9.17) is 10.00 Å². The summed E-state index contributed by atoms with van der Waals surface area (Å²) >= 11 is 0. The average molecular weight is 338 g/mol. The van der Waals surface area contributed by atoms with Crippen LogP contribution >= 0.6 is 0 Å². The van der Waals surface area contributed by atoms with Gasteiger partial charge in [-0.1, -0.05) is 0 Å². The Kier molecular flexibility index (Phi) is 6.16. The average Bonchev–Trinajstić information content (AvgIpc) is 2.49. The number of nitrogens with one attached hydrogen (secondary N) is 1. The van der Waals surface area contributed by atoms with E-state index in [1.54, 1.807) is 26.8 Å². The first kappa shape index (κ1) is 19.3. The monoisotopic (exact) mass is 338 g/mol. The molecule has 1 amide bonds. The number of ether oxygens (including phenoxy) is 1. The summed E-state index contributed by atoms with van der Waals surface area (Å²) in [6.45, 7) is 4.65. The number of aromatic nitrogens is 1. The van der Waals surface area contributed by atoms with Gasteiger partial charge in [0.2, 0.25) is 5.69 Å². The third kappa shape index (κ3) is 5.45. The van der Waals surface area contributed by atoms with Gasteiger partial charge < -0.3 is 20.3 Å². The zero-order valence-electron chi connectivity index (χ0n) is 13.4. The Labute approximate surface area is 137 Å². The van der Waals surface area contributed by atoms with E-state index in [2.05, 4.69) is 10.3 Å². The van der Waals surface area contributed by atoms with Crippen molar-refractivity contribution in [3.63, 3.8) is 0 Å². The quantitative estimate of drug-likeness (QED) is 0.524. The Morgan fingerprint density at radius 1 is 1.54 bits per heavy atom. The Morgan fingerprint density at radius 3 is 2.67 bits per heavy atom. The molecule has 1 heterocycles. The maximum absolute atomic E-state index is 11.5. The maximum Gasteiger partial charge on any atom is 0.407 e. The minimum absolute atomic E-state index is 0.0563. The minimum Gasteiger partial charge on any atom is -0.444 e. The van der Waals surface area contributed by atoms with Crippen LogP contribution in [0.5, 0.6) is 0 Å². The number of aliphatic hydroxyl groups is 2. The lowest BCUT2D eigenvalue weighted by Crippen LogP contribution is -2.38.